The van der Waals surface area contributed by atoms with Crippen LogP contribution in [0, 0.1) is 5.92 Å². The lowest BCUT2D eigenvalue weighted by molar-refractivity contribution is -0.136. The lowest BCUT2D eigenvalue weighted by Gasteiger charge is -2.21. The largest absolute Gasteiger partial charge is 0.480 e. The number of carboxylic acids is 1. The molecule has 20 heavy (non-hydrogen) atoms. The van der Waals surface area contributed by atoms with E-state index in [1.807, 2.05) is 6.92 Å². The Morgan fingerprint density at radius 2 is 1.95 bits per heavy atom. The third-order valence-corrected chi connectivity index (χ3v) is 3.24. The fraction of sp³-hybridized carbons (Fsp3) is 0.429. The molecular formula is C14H19ClN2O3. The SMILES string of the molecule is CC(CN)CCC(=O)N(CC(=O)O)c1ccc(Cl)cc1. The molecule has 5 nitrogen and oxygen atoms in total. The molecule has 1 aromatic carbocycles. The highest BCUT2D eigenvalue weighted by molar-refractivity contribution is 6.30. The van der Waals surface area contributed by atoms with Gasteiger partial charge in [0.1, 0.15) is 6.54 Å². The van der Waals surface area contributed by atoms with E-state index in [2.05, 4.69) is 0 Å². The van der Waals surface area contributed by atoms with Crippen molar-refractivity contribution in [1.82, 2.24) is 0 Å². The Balaban J connectivity index is 2.80. The van der Waals surface area contributed by atoms with E-state index in [1.165, 1.54) is 4.90 Å². The summed E-state index contributed by atoms with van der Waals surface area (Å²) in [7, 11) is 0. The maximum absolute atomic E-state index is 12.2. The molecule has 1 unspecified atom stereocenters. The van der Waals surface area contributed by atoms with Crippen LogP contribution in [0.15, 0.2) is 24.3 Å². The van der Waals surface area contributed by atoms with Crippen LogP contribution in [0.1, 0.15) is 19.8 Å². The third-order valence-electron chi connectivity index (χ3n) is 2.99. The van der Waals surface area contributed by atoms with Gasteiger partial charge in [-0.3, -0.25) is 9.59 Å². The Bertz CT molecular complexity index is 462. The molecule has 1 rings (SSSR count). The second-order valence-electron chi connectivity index (χ2n) is 4.73. The van der Waals surface area contributed by atoms with E-state index in [9.17, 15) is 9.59 Å². The van der Waals surface area contributed by atoms with Crippen molar-refractivity contribution in [2.45, 2.75) is 19.8 Å². The molecular weight excluding hydrogens is 280 g/mol. The number of nitrogens with zero attached hydrogens (tertiary/aromatic N) is 1. The summed E-state index contributed by atoms with van der Waals surface area (Å²) in [5, 5.41) is 9.47. The molecule has 0 aliphatic rings. The number of amides is 1. The van der Waals surface area contributed by atoms with Crippen LogP contribution in [0.25, 0.3) is 0 Å². The van der Waals surface area contributed by atoms with E-state index < -0.39 is 5.97 Å². The second kappa shape index (κ2) is 7.87. The van der Waals surface area contributed by atoms with Crippen LogP contribution in [-0.2, 0) is 9.59 Å². The van der Waals surface area contributed by atoms with Gasteiger partial charge >= 0.3 is 5.97 Å². The first kappa shape index (κ1) is 16.5. The molecule has 0 spiro atoms. The fourth-order valence-corrected chi connectivity index (χ4v) is 1.83. The lowest BCUT2D eigenvalue weighted by Crippen LogP contribution is -2.36. The Morgan fingerprint density at radius 3 is 2.45 bits per heavy atom. The van der Waals surface area contributed by atoms with Crippen LogP contribution < -0.4 is 10.6 Å². The predicted molar refractivity (Wildman–Crippen MR) is 78.9 cm³/mol. The molecule has 1 aromatic rings. The van der Waals surface area contributed by atoms with Crippen LogP contribution >= 0.6 is 11.6 Å². The first-order valence-electron chi connectivity index (χ1n) is 6.41. The molecule has 3 N–H and O–H groups in total. The minimum absolute atomic E-state index is 0.227. The van der Waals surface area contributed by atoms with Gasteiger partial charge in [-0.25, -0.2) is 0 Å². The topological polar surface area (TPSA) is 83.6 Å². The zero-order valence-corrected chi connectivity index (χ0v) is 12.1. The second-order valence-corrected chi connectivity index (χ2v) is 5.17. The van der Waals surface area contributed by atoms with Gasteiger partial charge in [-0.05, 0) is 43.1 Å². The highest BCUT2D eigenvalue weighted by Gasteiger charge is 2.19. The zero-order valence-electron chi connectivity index (χ0n) is 11.4. The molecule has 0 heterocycles. The standard InChI is InChI=1S/C14H19ClN2O3/c1-10(8-16)2-7-13(18)17(9-14(19)20)12-5-3-11(15)4-6-12/h3-6,10H,2,7-9,16H2,1H3,(H,19,20). The number of halogens is 1. The van der Waals surface area contributed by atoms with E-state index in [0.29, 0.717) is 23.7 Å². The molecule has 6 heteroatoms. The average Bonchev–Trinajstić information content (AvgIpc) is 2.42. The van der Waals surface area contributed by atoms with E-state index in [0.717, 1.165) is 0 Å². The van der Waals surface area contributed by atoms with Gasteiger partial charge in [0.25, 0.3) is 0 Å². The van der Waals surface area contributed by atoms with E-state index in [4.69, 9.17) is 22.4 Å². The van der Waals surface area contributed by atoms with Crippen molar-refractivity contribution in [2.75, 3.05) is 18.0 Å². The quantitative estimate of drug-likeness (QED) is 0.808. The summed E-state index contributed by atoms with van der Waals surface area (Å²) in [6.07, 6.45) is 0.910. The number of carboxylic acid groups (broad SMARTS) is 1. The van der Waals surface area contributed by atoms with Crippen molar-refractivity contribution in [3.05, 3.63) is 29.3 Å². The van der Waals surface area contributed by atoms with Crippen LogP contribution in [0.2, 0.25) is 5.02 Å². The van der Waals surface area contributed by atoms with Gasteiger partial charge in [-0.2, -0.15) is 0 Å². The van der Waals surface area contributed by atoms with Crippen molar-refractivity contribution in [2.24, 2.45) is 11.7 Å². The Labute approximate surface area is 123 Å². The maximum atomic E-state index is 12.2. The molecule has 1 atom stereocenters. The van der Waals surface area contributed by atoms with Gasteiger partial charge in [-0.15, -0.1) is 0 Å². The summed E-state index contributed by atoms with van der Waals surface area (Å²) >= 11 is 5.79. The van der Waals surface area contributed by atoms with Gasteiger partial charge in [0, 0.05) is 17.1 Å². The summed E-state index contributed by atoms with van der Waals surface area (Å²) in [4.78, 5) is 24.3. The third kappa shape index (κ3) is 5.19. The molecule has 0 bridgehead atoms. The molecule has 0 radical (unpaired) electrons. The number of carbonyl (C=O) groups is 2. The first-order chi connectivity index (χ1) is 9.43. The Hall–Kier alpha value is -1.59. The number of carbonyl (C=O) groups excluding carboxylic acids is 1. The van der Waals surface area contributed by atoms with Crippen molar-refractivity contribution in [3.63, 3.8) is 0 Å². The summed E-state index contributed by atoms with van der Waals surface area (Å²) in [5.41, 5.74) is 6.04. The molecule has 0 aliphatic heterocycles. The zero-order chi connectivity index (χ0) is 15.1. The Morgan fingerprint density at radius 1 is 1.35 bits per heavy atom. The normalized spacial score (nSPS) is 11.9. The predicted octanol–water partition coefficient (Wildman–Crippen LogP) is 2.13. The molecule has 0 saturated carbocycles. The molecule has 0 aliphatic carbocycles. The smallest absolute Gasteiger partial charge is 0.323 e. The number of hydrogen-bond donors (Lipinski definition) is 2. The average molecular weight is 299 g/mol. The van der Waals surface area contributed by atoms with Crippen molar-refractivity contribution < 1.29 is 14.7 Å². The maximum Gasteiger partial charge on any atom is 0.323 e. The summed E-state index contributed by atoms with van der Waals surface area (Å²) in [5.74, 6) is -1.05. The highest BCUT2D eigenvalue weighted by Crippen LogP contribution is 2.19. The Kier molecular flexibility index (Phi) is 6.48. The first-order valence-corrected chi connectivity index (χ1v) is 6.79. The van der Waals surface area contributed by atoms with Crippen LogP contribution in [0.4, 0.5) is 5.69 Å². The van der Waals surface area contributed by atoms with Gasteiger partial charge in [0.05, 0.1) is 0 Å². The monoisotopic (exact) mass is 298 g/mol. The molecule has 1 amide bonds. The number of nitrogens with two attached hydrogens (primary N) is 1. The van der Waals surface area contributed by atoms with E-state index >= 15 is 0 Å². The van der Waals surface area contributed by atoms with Crippen molar-refractivity contribution in [3.8, 4) is 0 Å². The molecule has 0 aromatic heterocycles. The minimum Gasteiger partial charge on any atom is -0.480 e. The van der Waals surface area contributed by atoms with Crippen LogP contribution in [0.3, 0.4) is 0 Å². The van der Waals surface area contributed by atoms with Gasteiger partial charge in [0.15, 0.2) is 0 Å². The van der Waals surface area contributed by atoms with Gasteiger partial charge in [0.2, 0.25) is 5.91 Å². The van der Waals surface area contributed by atoms with E-state index in [-0.39, 0.29) is 24.8 Å². The summed E-state index contributed by atoms with van der Waals surface area (Å²) < 4.78 is 0. The highest BCUT2D eigenvalue weighted by atomic mass is 35.5. The number of hydrogen-bond acceptors (Lipinski definition) is 3. The van der Waals surface area contributed by atoms with Gasteiger partial charge < -0.3 is 15.7 Å². The molecule has 110 valence electrons. The van der Waals surface area contributed by atoms with Gasteiger partial charge in [-0.1, -0.05) is 18.5 Å². The summed E-state index contributed by atoms with van der Waals surface area (Å²) in [6.45, 7) is 2.10. The molecule has 0 saturated heterocycles. The number of aliphatic carboxylic acids is 1. The fourth-order valence-electron chi connectivity index (χ4n) is 1.70. The lowest BCUT2D eigenvalue weighted by atomic mass is 10.1. The number of benzene rings is 1. The van der Waals surface area contributed by atoms with Crippen molar-refractivity contribution in [1.29, 1.82) is 0 Å². The number of anilines is 1. The van der Waals surface area contributed by atoms with E-state index in [1.54, 1.807) is 24.3 Å². The van der Waals surface area contributed by atoms with Crippen LogP contribution in [-0.4, -0.2) is 30.1 Å². The number of rotatable bonds is 7. The summed E-state index contributed by atoms with van der Waals surface area (Å²) in [6, 6.07) is 6.52. The van der Waals surface area contributed by atoms with Crippen molar-refractivity contribution >= 4 is 29.2 Å². The van der Waals surface area contributed by atoms with Crippen LogP contribution in [0.5, 0.6) is 0 Å². The molecule has 0 fully saturated rings. The minimum atomic E-state index is -1.06.